The van der Waals surface area contributed by atoms with Crippen LogP contribution in [-0.4, -0.2) is 38.7 Å². The van der Waals surface area contributed by atoms with Gasteiger partial charge in [-0.05, 0) is 24.1 Å². The molecule has 0 bridgehead atoms. The Labute approximate surface area is 113 Å². The fraction of sp³-hybridized carbons (Fsp3) is 0.571. The molecule has 1 N–H and O–H groups in total. The van der Waals surface area contributed by atoms with Crippen molar-refractivity contribution in [2.45, 2.75) is 23.1 Å². The van der Waals surface area contributed by atoms with Crippen LogP contribution < -0.4 is 5.32 Å². The highest BCUT2D eigenvalue weighted by molar-refractivity contribution is 8.00. The molecule has 2 rings (SSSR count). The van der Waals surface area contributed by atoms with Gasteiger partial charge in [0, 0.05) is 37.0 Å². The van der Waals surface area contributed by atoms with Crippen LogP contribution in [0, 0.1) is 0 Å². The van der Waals surface area contributed by atoms with E-state index < -0.39 is 0 Å². The second-order valence-corrected chi connectivity index (χ2v) is 5.79. The van der Waals surface area contributed by atoms with Crippen LogP contribution in [0.1, 0.15) is 12.0 Å². The highest BCUT2D eigenvalue weighted by Crippen LogP contribution is 2.28. The summed E-state index contributed by atoms with van der Waals surface area (Å²) in [6.45, 7) is 4.37. The molecule has 1 aliphatic heterocycles. The molecule has 0 aromatic heterocycles. The van der Waals surface area contributed by atoms with Gasteiger partial charge in [-0.15, -0.1) is 11.8 Å². The quantitative estimate of drug-likeness (QED) is 0.768. The lowest BCUT2D eigenvalue weighted by molar-refractivity contribution is 0.199. The predicted octanol–water partition coefficient (Wildman–Crippen LogP) is 2.30. The Hall–Kier alpha value is -0.550. The molecule has 1 aromatic carbocycles. The van der Waals surface area contributed by atoms with Gasteiger partial charge in [0.15, 0.2) is 0 Å². The molecule has 100 valence electrons. The number of methoxy groups -OCH3 is 1. The smallest absolute Gasteiger partial charge is 0.0589 e. The van der Waals surface area contributed by atoms with Crippen molar-refractivity contribution in [2.24, 2.45) is 0 Å². The van der Waals surface area contributed by atoms with Crippen molar-refractivity contribution < 1.29 is 9.47 Å². The molecule has 0 aliphatic carbocycles. The molecule has 1 aliphatic rings. The highest BCUT2D eigenvalue weighted by atomic mass is 32.2. The molecule has 1 saturated heterocycles. The zero-order valence-corrected chi connectivity index (χ0v) is 11.7. The van der Waals surface area contributed by atoms with E-state index in [2.05, 4.69) is 29.6 Å². The number of ether oxygens (including phenoxy) is 2. The Balaban J connectivity index is 1.74. The molecular weight excluding hydrogens is 246 g/mol. The molecular formula is C14H21NO2S. The molecule has 1 fully saturated rings. The second kappa shape index (κ2) is 7.79. The molecule has 0 radical (unpaired) electrons. The molecule has 4 heteroatoms. The first-order valence-electron chi connectivity index (χ1n) is 6.41. The van der Waals surface area contributed by atoms with Gasteiger partial charge in [0.2, 0.25) is 0 Å². The minimum Gasteiger partial charge on any atom is -0.383 e. The lowest BCUT2D eigenvalue weighted by Gasteiger charge is -2.08. The van der Waals surface area contributed by atoms with Crippen LogP contribution in [0.5, 0.6) is 0 Å². The maximum atomic E-state index is 5.39. The Kier molecular flexibility index (Phi) is 6.00. The molecule has 1 aromatic rings. The fourth-order valence-corrected chi connectivity index (χ4v) is 2.95. The summed E-state index contributed by atoms with van der Waals surface area (Å²) in [5.74, 6) is 0. The van der Waals surface area contributed by atoms with Gasteiger partial charge in [-0.1, -0.05) is 12.1 Å². The van der Waals surface area contributed by atoms with Gasteiger partial charge in [-0.2, -0.15) is 0 Å². The number of hydrogen-bond donors (Lipinski definition) is 1. The van der Waals surface area contributed by atoms with Crippen LogP contribution >= 0.6 is 11.8 Å². The van der Waals surface area contributed by atoms with E-state index in [0.717, 1.165) is 32.9 Å². The third kappa shape index (κ3) is 4.61. The van der Waals surface area contributed by atoms with Crippen molar-refractivity contribution in [2.75, 3.05) is 33.5 Å². The third-order valence-corrected chi connectivity index (χ3v) is 4.18. The van der Waals surface area contributed by atoms with Gasteiger partial charge < -0.3 is 14.8 Å². The minimum absolute atomic E-state index is 0.635. The monoisotopic (exact) mass is 267 g/mol. The maximum Gasteiger partial charge on any atom is 0.0589 e. The summed E-state index contributed by atoms with van der Waals surface area (Å²) in [7, 11) is 1.72. The van der Waals surface area contributed by atoms with Crippen LogP contribution in [-0.2, 0) is 16.0 Å². The molecule has 1 atom stereocenters. The topological polar surface area (TPSA) is 30.5 Å². The van der Waals surface area contributed by atoms with Gasteiger partial charge in [0.1, 0.15) is 0 Å². The number of benzene rings is 1. The highest BCUT2D eigenvalue weighted by Gasteiger charge is 2.16. The number of hydrogen-bond acceptors (Lipinski definition) is 4. The van der Waals surface area contributed by atoms with E-state index in [9.17, 15) is 0 Å². The van der Waals surface area contributed by atoms with Crippen molar-refractivity contribution in [1.82, 2.24) is 5.32 Å². The van der Waals surface area contributed by atoms with E-state index in [0.29, 0.717) is 5.25 Å². The SMILES string of the molecule is COCCNCc1ccc(SC2CCOC2)cc1. The Morgan fingerprint density at radius 1 is 1.39 bits per heavy atom. The molecule has 1 unspecified atom stereocenters. The average molecular weight is 267 g/mol. The lowest BCUT2D eigenvalue weighted by atomic mass is 10.2. The number of nitrogens with one attached hydrogen (secondary N) is 1. The summed E-state index contributed by atoms with van der Waals surface area (Å²) in [5.41, 5.74) is 1.32. The molecule has 0 amide bonds. The van der Waals surface area contributed by atoms with Gasteiger partial charge in [-0.3, -0.25) is 0 Å². The zero-order chi connectivity index (χ0) is 12.6. The normalized spacial score (nSPS) is 19.3. The number of rotatable bonds is 7. The van der Waals surface area contributed by atoms with Crippen LogP contribution in [0.15, 0.2) is 29.2 Å². The van der Waals surface area contributed by atoms with Crippen molar-refractivity contribution >= 4 is 11.8 Å². The maximum absolute atomic E-state index is 5.39. The standard InChI is InChI=1S/C14H21NO2S/c1-16-9-7-15-10-12-2-4-13(5-3-12)18-14-6-8-17-11-14/h2-5,14-15H,6-11H2,1H3. The van der Waals surface area contributed by atoms with E-state index in [-0.39, 0.29) is 0 Å². The molecule has 3 nitrogen and oxygen atoms in total. The predicted molar refractivity (Wildman–Crippen MR) is 75.1 cm³/mol. The Morgan fingerprint density at radius 2 is 2.22 bits per heavy atom. The van der Waals surface area contributed by atoms with Crippen LogP contribution in [0.25, 0.3) is 0 Å². The van der Waals surface area contributed by atoms with E-state index in [1.807, 2.05) is 11.8 Å². The van der Waals surface area contributed by atoms with Gasteiger partial charge in [-0.25, -0.2) is 0 Å². The average Bonchev–Trinajstić information content (AvgIpc) is 2.89. The lowest BCUT2D eigenvalue weighted by Crippen LogP contribution is -2.18. The Bertz CT molecular complexity index is 336. The summed E-state index contributed by atoms with van der Waals surface area (Å²) in [4.78, 5) is 1.34. The van der Waals surface area contributed by atoms with Crippen LogP contribution in [0.3, 0.4) is 0 Å². The van der Waals surface area contributed by atoms with E-state index in [1.54, 1.807) is 7.11 Å². The molecule has 1 heterocycles. The third-order valence-electron chi connectivity index (χ3n) is 2.93. The molecule has 0 spiro atoms. The summed E-state index contributed by atoms with van der Waals surface area (Å²) in [6, 6.07) is 8.79. The largest absolute Gasteiger partial charge is 0.383 e. The van der Waals surface area contributed by atoms with Crippen molar-refractivity contribution in [1.29, 1.82) is 0 Å². The van der Waals surface area contributed by atoms with Gasteiger partial charge in [0.05, 0.1) is 13.2 Å². The minimum atomic E-state index is 0.635. The first-order valence-corrected chi connectivity index (χ1v) is 7.29. The fourth-order valence-electron chi connectivity index (χ4n) is 1.89. The van der Waals surface area contributed by atoms with Gasteiger partial charge >= 0.3 is 0 Å². The molecule has 18 heavy (non-hydrogen) atoms. The van der Waals surface area contributed by atoms with Crippen LogP contribution in [0.2, 0.25) is 0 Å². The molecule has 0 saturated carbocycles. The first kappa shape index (κ1) is 13.9. The van der Waals surface area contributed by atoms with Crippen molar-refractivity contribution in [3.63, 3.8) is 0 Å². The summed E-state index contributed by atoms with van der Waals surface area (Å²) < 4.78 is 10.4. The second-order valence-electron chi connectivity index (χ2n) is 4.42. The summed E-state index contributed by atoms with van der Waals surface area (Å²) >= 11 is 1.93. The Morgan fingerprint density at radius 3 is 2.89 bits per heavy atom. The summed E-state index contributed by atoms with van der Waals surface area (Å²) in [5, 5.41) is 3.98. The van der Waals surface area contributed by atoms with Crippen molar-refractivity contribution in [3.05, 3.63) is 29.8 Å². The van der Waals surface area contributed by atoms with E-state index in [1.165, 1.54) is 16.9 Å². The van der Waals surface area contributed by atoms with E-state index >= 15 is 0 Å². The zero-order valence-electron chi connectivity index (χ0n) is 10.9. The van der Waals surface area contributed by atoms with Crippen LogP contribution in [0.4, 0.5) is 0 Å². The van der Waals surface area contributed by atoms with Gasteiger partial charge in [0.25, 0.3) is 0 Å². The first-order chi connectivity index (χ1) is 8.88. The van der Waals surface area contributed by atoms with E-state index in [4.69, 9.17) is 9.47 Å². The summed E-state index contributed by atoms with van der Waals surface area (Å²) in [6.07, 6.45) is 1.17. The van der Waals surface area contributed by atoms with Crippen molar-refractivity contribution in [3.8, 4) is 0 Å². The number of thioether (sulfide) groups is 1.